The van der Waals surface area contributed by atoms with Crippen LogP contribution in [0.5, 0.6) is 0 Å². The highest BCUT2D eigenvalue weighted by Gasteiger charge is 2.00. The van der Waals surface area contributed by atoms with E-state index >= 15 is 0 Å². The van der Waals surface area contributed by atoms with Crippen LogP contribution in [-0.2, 0) is 6.54 Å². The minimum absolute atomic E-state index is 0. The normalized spacial score (nSPS) is 8.25. The molecule has 7 heteroatoms. The molecule has 5 N–H and O–H groups in total. The highest BCUT2D eigenvalue weighted by Crippen LogP contribution is 2.05. The van der Waals surface area contributed by atoms with Crippen LogP contribution in [-0.4, -0.2) is 17.0 Å². The molecule has 90 valence electrons. The fourth-order valence-electron chi connectivity index (χ4n) is 0.935. The lowest BCUT2D eigenvalue weighted by molar-refractivity contribution is 0.0697. The number of halogens is 2. The summed E-state index contributed by atoms with van der Waals surface area (Å²) in [5, 5.41) is 8.63. The minimum atomic E-state index is -0.946. The summed E-state index contributed by atoms with van der Waals surface area (Å²) in [7, 11) is 0. The standard InChI is InChI=1S/C9H11N3O2.2ClH/c10-9(11)12-5-6-1-3-7(4-2-6)8(13)14;;/h1-4H,5H2,(H,13,14)(H4,10,11,12);2*1H. The van der Waals surface area contributed by atoms with Crippen LogP contribution < -0.4 is 11.5 Å². The highest BCUT2D eigenvalue weighted by atomic mass is 35.5. The van der Waals surface area contributed by atoms with Crippen molar-refractivity contribution in [3.05, 3.63) is 35.4 Å². The Bertz CT molecular complexity index is 362. The topological polar surface area (TPSA) is 102 Å². The van der Waals surface area contributed by atoms with Crippen molar-refractivity contribution in [2.24, 2.45) is 16.5 Å². The Balaban J connectivity index is 0. The third-order valence-corrected chi connectivity index (χ3v) is 1.65. The largest absolute Gasteiger partial charge is 0.478 e. The Labute approximate surface area is 105 Å². The van der Waals surface area contributed by atoms with Crippen LogP contribution in [0.25, 0.3) is 0 Å². The van der Waals surface area contributed by atoms with Gasteiger partial charge in [0.15, 0.2) is 5.96 Å². The van der Waals surface area contributed by atoms with Crippen molar-refractivity contribution in [3.8, 4) is 0 Å². The second kappa shape index (κ2) is 7.78. The van der Waals surface area contributed by atoms with Gasteiger partial charge in [0.25, 0.3) is 0 Å². The van der Waals surface area contributed by atoms with Crippen LogP contribution in [0.15, 0.2) is 29.3 Å². The molecule has 1 aromatic carbocycles. The lowest BCUT2D eigenvalue weighted by atomic mass is 10.1. The molecule has 0 saturated carbocycles. The first-order chi connectivity index (χ1) is 6.59. The van der Waals surface area contributed by atoms with Crippen LogP contribution in [0, 0.1) is 0 Å². The molecule has 0 aromatic heterocycles. The molecule has 0 spiro atoms. The van der Waals surface area contributed by atoms with Crippen molar-refractivity contribution in [2.75, 3.05) is 0 Å². The van der Waals surface area contributed by atoms with E-state index < -0.39 is 5.97 Å². The van der Waals surface area contributed by atoms with E-state index in [1.54, 1.807) is 12.1 Å². The molecular weight excluding hydrogens is 253 g/mol. The number of benzene rings is 1. The first kappa shape index (κ1) is 17.0. The molecule has 0 bridgehead atoms. The third-order valence-electron chi connectivity index (χ3n) is 1.65. The SMILES string of the molecule is Cl.Cl.NC(N)=NCc1ccc(C(=O)O)cc1. The smallest absolute Gasteiger partial charge is 0.335 e. The zero-order valence-corrected chi connectivity index (χ0v) is 9.92. The molecular formula is C9H13Cl2N3O2. The van der Waals surface area contributed by atoms with Crippen LogP contribution in [0.2, 0.25) is 0 Å². The molecule has 1 aromatic rings. The number of rotatable bonds is 3. The van der Waals surface area contributed by atoms with Crippen molar-refractivity contribution < 1.29 is 9.90 Å². The number of carboxylic acids is 1. The monoisotopic (exact) mass is 265 g/mol. The Morgan fingerprint density at radius 3 is 2.06 bits per heavy atom. The molecule has 0 amide bonds. The number of carboxylic acid groups (broad SMARTS) is 1. The second-order valence-electron chi connectivity index (χ2n) is 2.74. The van der Waals surface area contributed by atoms with E-state index in [-0.39, 0.29) is 36.3 Å². The molecule has 0 saturated heterocycles. The summed E-state index contributed by atoms with van der Waals surface area (Å²) in [4.78, 5) is 14.3. The molecule has 0 radical (unpaired) electrons. The zero-order valence-electron chi connectivity index (χ0n) is 8.29. The molecule has 0 heterocycles. The summed E-state index contributed by atoms with van der Waals surface area (Å²) in [6.45, 7) is 0.363. The third kappa shape index (κ3) is 5.43. The van der Waals surface area contributed by atoms with Gasteiger partial charge in [0.1, 0.15) is 0 Å². The number of hydrogen-bond donors (Lipinski definition) is 3. The lowest BCUT2D eigenvalue weighted by Crippen LogP contribution is -2.22. The van der Waals surface area contributed by atoms with E-state index in [9.17, 15) is 4.79 Å². The second-order valence-corrected chi connectivity index (χ2v) is 2.74. The quantitative estimate of drug-likeness (QED) is 0.561. The van der Waals surface area contributed by atoms with Gasteiger partial charge in [-0.3, -0.25) is 0 Å². The van der Waals surface area contributed by atoms with Gasteiger partial charge in [-0.1, -0.05) is 12.1 Å². The highest BCUT2D eigenvalue weighted by molar-refractivity contribution is 5.87. The fourth-order valence-corrected chi connectivity index (χ4v) is 0.935. The zero-order chi connectivity index (χ0) is 10.6. The maximum atomic E-state index is 10.5. The Morgan fingerprint density at radius 2 is 1.69 bits per heavy atom. The summed E-state index contributed by atoms with van der Waals surface area (Å²) in [6.07, 6.45) is 0. The summed E-state index contributed by atoms with van der Waals surface area (Å²) in [5.41, 5.74) is 11.4. The Hall–Kier alpha value is -1.46. The van der Waals surface area contributed by atoms with Crippen LogP contribution in [0.4, 0.5) is 0 Å². The molecule has 1 rings (SSSR count). The number of carbonyl (C=O) groups is 1. The van der Waals surface area contributed by atoms with E-state index in [1.807, 2.05) is 0 Å². The molecule has 0 aliphatic carbocycles. The van der Waals surface area contributed by atoms with Gasteiger partial charge in [-0.25, -0.2) is 9.79 Å². The number of guanidine groups is 1. The van der Waals surface area contributed by atoms with Crippen molar-refractivity contribution in [3.63, 3.8) is 0 Å². The Kier molecular flexibility index (Phi) is 8.25. The Morgan fingerprint density at radius 1 is 1.19 bits per heavy atom. The first-order valence-corrected chi connectivity index (χ1v) is 3.97. The first-order valence-electron chi connectivity index (χ1n) is 3.97. The summed E-state index contributed by atoms with van der Waals surface area (Å²) in [6, 6.07) is 6.38. The maximum absolute atomic E-state index is 10.5. The van der Waals surface area contributed by atoms with Gasteiger partial charge in [-0.2, -0.15) is 0 Å². The van der Waals surface area contributed by atoms with Crippen LogP contribution in [0.3, 0.4) is 0 Å². The number of aromatic carboxylic acids is 1. The predicted octanol–water partition coefficient (Wildman–Crippen LogP) is 1.00. The van der Waals surface area contributed by atoms with Gasteiger partial charge >= 0.3 is 5.97 Å². The van der Waals surface area contributed by atoms with Gasteiger partial charge in [-0.05, 0) is 17.7 Å². The summed E-state index contributed by atoms with van der Waals surface area (Å²) < 4.78 is 0. The molecule has 0 atom stereocenters. The number of nitrogens with two attached hydrogens (primary N) is 2. The van der Waals surface area contributed by atoms with Crippen LogP contribution >= 0.6 is 24.8 Å². The molecule has 0 aliphatic rings. The molecule has 0 aliphatic heterocycles. The molecule has 0 fully saturated rings. The van der Waals surface area contributed by atoms with Crippen molar-refractivity contribution in [2.45, 2.75) is 6.54 Å². The molecule has 5 nitrogen and oxygen atoms in total. The van der Waals surface area contributed by atoms with Crippen molar-refractivity contribution >= 4 is 36.7 Å². The maximum Gasteiger partial charge on any atom is 0.335 e. The average Bonchev–Trinajstić information content (AvgIpc) is 2.15. The van der Waals surface area contributed by atoms with Gasteiger partial charge in [0.05, 0.1) is 12.1 Å². The number of aliphatic imine (C=N–C) groups is 1. The predicted molar refractivity (Wildman–Crippen MR) is 67.4 cm³/mol. The van der Waals surface area contributed by atoms with Gasteiger partial charge in [-0.15, -0.1) is 24.8 Å². The van der Waals surface area contributed by atoms with Gasteiger partial charge in [0, 0.05) is 0 Å². The van der Waals surface area contributed by atoms with Gasteiger partial charge in [0.2, 0.25) is 0 Å². The van der Waals surface area contributed by atoms with E-state index in [0.29, 0.717) is 6.54 Å². The van der Waals surface area contributed by atoms with E-state index in [1.165, 1.54) is 12.1 Å². The number of hydrogen-bond acceptors (Lipinski definition) is 2. The van der Waals surface area contributed by atoms with Crippen molar-refractivity contribution in [1.29, 1.82) is 0 Å². The average molecular weight is 266 g/mol. The molecule has 16 heavy (non-hydrogen) atoms. The number of nitrogens with zero attached hydrogens (tertiary/aromatic N) is 1. The lowest BCUT2D eigenvalue weighted by Gasteiger charge is -1.98. The van der Waals surface area contributed by atoms with Crippen molar-refractivity contribution in [1.82, 2.24) is 0 Å². The van der Waals surface area contributed by atoms with Gasteiger partial charge < -0.3 is 16.6 Å². The minimum Gasteiger partial charge on any atom is -0.478 e. The van der Waals surface area contributed by atoms with E-state index in [0.717, 1.165) is 5.56 Å². The van der Waals surface area contributed by atoms with E-state index in [4.69, 9.17) is 16.6 Å². The fraction of sp³-hybridized carbons (Fsp3) is 0.111. The van der Waals surface area contributed by atoms with Crippen LogP contribution in [0.1, 0.15) is 15.9 Å². The summed E-state index contributed by atoms with van der Waals surface area (Å²) in [5.74, 6) is -0.925. The van der Waals surface area contributed by atoms with E-state index in [2.05, 4.69) is 4.99 Å². The summed E-state index contributed by atoms with van der Waals surface area (Å²) >= 11 is 0. The molecule has 0 unspecified atom stereocenters.